The van der Waals surface area contributed by atoms with E-state index in [0.29, 0.717) is 17.7 Å². The third-order valence-electron chi connectivity index (χ3n) is 2.59. The smallest absolute Gasteiger partial charge is 0.251 e. The van der Waals surface area contributed by atoms with E-state index >= 15 is 0 Å². The number of amides is 1. The van der Waals surface area contributed by atoms with Crippen molar-refractivity contribution < 1.29 is 9.59 Å². The summed E-state index contributed by atoms with van der Waals surface area (Å²) in [6.45, 7) is 1.50. The Morgan fingerprint density at radius 2 is 2.12 bits per heavy atom. The largest absolute Gasteiger partial charge is 0.322 e. The summed E-state index contributed by atoms with van der Waals surface area (Å²) in [7, 11) is 0. The van der Waals surface area contributed by atoms with Crippen LogP contribution in [0.1, 0.15) is 23.7 Å². The van der Waals surface area contributed by atoms with Crippen molar-refractivity contribution in [2.24, 2.45) is 0 Å². The van der Waals surface area contributed by atoms with Crippen LogP contribution in [0.25, 0.3) is 0 Å². The standard InChI is InChI=1S/C14H13NO2/c1-10(16)12-7-4-8-13(9-12)15-14(17)11-5-2-3-6-11/h2-5,7-9H,6H2,1H3,(H,15,17). The molecule has 0 radical (unpaired) electrons. The fraction of sp³-hybridized carbons (Fsp3) is 0.143. The monoisotopic (exact) mass is 227 g/mol. The quantitative estimate of drug-likeness (QED) is 0.807. The van der Waals surface area contributed by atoms with E-state index in [9.17, 15) is 9.59 Å². The number of rotatable bonds is 3. The Morgan fingerprint density at radius 3 is 2.76 bits per heavy atom. The van der Waals surface area contributed by atoms with Crippen LogP contribution in [0, 0.1) is 0 Å². The lowest BCUT2D eigenvalue weighted by Gasteiger charge is -2.06. The van der Waals surface area contributed by atoms with Crippen LogP contribution < -0.4 is 5.32 Å². The van der Waals surface area contributed by atoms with Crippen LogP contribution >= 0.6 is 0 Å². The van der Waals surface area contributed by atoms with E-state index in [2.05, 4.69) is 5.32 Å². The maximum Gasteiger partial charge on any atom is 0.251 e. The van der Waals surface area contributed by atoms with E-state index in [1.165, 1.54) is 6.92 Å². The second kappa shape index (κ2) is 4.78. The van der Waals surface area contributed by atoms with E-state index in [4.69, 9.17) is 0 Å². The first-order valence-corrected chi connectivity index (χ1v) is 5.45. The number of allylic oxidation sites excluding steroid dienone is 3. The Morgan fingerprint density at radius 1 is 1.29 bits per heavy atom. The average Bonchev–Trinajstić information content (AvgIpc) is 2.82. The summed E-state index contributed by atoms with van der Waals surface area (Å²) >= 11 is 0. The van der Waals surface area contributed by atoms with Crippen LogP contribution in [-0.4, -0.2) is 11.7 Å². The Hall–Kier alpha value is -2.16. The molecule has 0 saturated carbocycles. The predicted molar refractivity (Wildman–Crippen MR) is 66.9 cm³/mol. The van der Waals surface area contributed by atoms with Gasteiger partial charge >= 0.3 is 0 Å². The zero-order chi connectivity index (χ0) is 12.3. The summed E-state index contributed by atoms with van der Waals surface area (Å²) in [5, 5.41) is 2.78. The van der Waals surface area contributed by atoms with Gasteiger partial charge in [0.15, 0.2) is 5.78 Å². The van der Waals surface area contributed by atoms with Crippen LogP contribution in [0.3, 0.4) is 0 Å². The van der Waals surface area contributed by atoms with Crippen molar-refractivity contribution in [3.8, 4) is 0 Å². The van der Waals surface area contributed by atoms with E-state index in [0.717, 1.165) is 5.57 Å². The molecule has 0 bridgehead atoms. The minimum atomic E-state index is -0.115. The molecule has 1 aromatic rings. The number of Topliss-reactive ketones (excluding diaryl/α,β-unsaturated/α-hetero) is 1. The van der Waals surface area contributed by atoms with Gasteiger partial charge in [0.2, 0.25) is 0 Å². The van der Waals surface area contributed by atoms with Crippen LogP contribution in [0.4, 0.5) is 5.69 Å². The van der Waals surface area contributed by atoms with Gasteiger partial charge in [-0.25, -0.2) is 0 Å². The number of hydrogen-bond donors (Lipinski definition) is 1. The van der Waals surface area contributed by atoms with Gasteiger partial charge in [0, 0.05) is 16.8 Å². The molecule has 1 amide bonds. The van der Waals surface area contributed by atoms with Gasteiger partial charge in [-0.05, 0) is 25.5 Å². The maximum absolute atomic E-state index is 11.8. The number of anilines is 1. The molecule has 2 rings (SSSR count). The Balaban J connectivity index is 2.11. The van der Waals surface area contributed by atoms with Crippen molar-refractivity contribution >= 4 is 17.4 Å². The fourth-order valence-corrected chi connectivity index (χ4v) is 1.64. The molecule has 1 aliphatic carbocycles. The SMILES string of the molecule is CC(=O)c1cccc(NC(=O)C2=CC=CC2)c1. The van der Waals surface area contributed by atoms with Crippen LogP contribution in [0.15, 0.2) is 48.1 Å². The normalized spacial score (nSPS) is 13.4. The highest BCUT2D eigenvalue weighted by Gasteiger charge is 2.10. The molecule has 0 unspecified atom stereocenters. The van der Waals surface area contributed by atoms with Gasteiger partial charge in [-0.15, -0.1) is 0 Å². The second-order valence-corrected chi connectivity index (χ2v) is 3.92. The second-order valence-electron chi connectivity index (χ2n) is 3.92. The summed E-state index contributed by atoms with van der Waals surface area (Å²) in [6, 6.07) is 6.94. The van der Waals surface area contributed by atoms with Crippen molar-refractivity contribution in [1.29, 1.82) is 0 Å². The maximum atomic E-state index is 11.8. The average molecular weight is 227 g/mol. The molecule has 0 fully saturated rings. The molecule has 0 aliphatic heterocycles. The highest BCUT2D eigenvalue weighted by molar-refractivity contribution is 6.05. The molecule has 1 aliphatic rings. The van der Waals surface area contributed by atoms with E-state index in [1.807, 2.05) is 12.2 Å². The molecule has 3 heteroatoms. The predicted octanol–water partition coefficient (Wildman–Crippen LogP) is 2.71. The van der Waals surface area contributed by atoms with Crippen molar-refractivity contribution in [3.05, 3.63) is 53.6 Å². The molecule has 0 aromatic heterocycles. The lowest BCUT2D eigenvalue weighted by Crippen LogP contribution is -2.13. The highest BCUT2D eigenvalue weighted by atomic mass is 16.1. The van der Waals surface area contributed by atoms with E-state index < -0.39 is 0 Å². The molecule has 1 aromatic carbocycles. The van der Waals surface area contributed by atoms with Crippen LogP contribution in [0.5, 0.6) is 0 Å². The number of benzene rings is 1. The summed E-state index contributed by atoms with van der Waals surface area (Å²) in [5.74, 6) is -0.126. The number of nitrogens with one attached hydrogen (secondary N) is 1. The van der Waals surface area contributed by atoms with Gasteiger partial charge in [0.25, 0.3) is 5.91 Å². The molecule has 3 nitrogen and oxygen atoms in total. The number of ketones is 1. The Labute approximate surface area is 99.8 Å². The zero-order valence-corrected chi connectivity index (χ0v) is 9.57. The molecular weight excluding hydrogens is 214 g/mol. The molecule has 0 saturated heterocycles. The summed E-state index contributed by atoms with van der Waals surface area (Å²) in [6.07, 6.45) is 6.25. The highest BCUT2D eigenvalue weighted by Crippen LogP contribution is 2.15. The van der Waals surface area contributed by atoms with Crippen LogP contribution in [-0.2, 0) is 4.79 Å². The molecular formula is C14H13NO2. The van der Waals surface area contributed by atoms with Gasteiger partial charge in [-0.3, -0.25) is 9.59 Å². The summed E-state index contributed by atoms with van der Waals surface area (Å²) in [4.78, 5) is 23.0. The molecule has 1 N–H and O–H groups in total. The molecule has 0 atom stereocenters. The van der Waals surface area contributed by atoms with Gasteiger partial charge in [-0.1, -0.05) is 30.4 Å². The van der Waals surface area contributed by atoms with Gasteiger partial charge in [0.05, 0.1) is 0 Å². The molecule has 86 valence electrons. The zero-order valence-electron chi connectivity index (χ0n) is 9.57. The lowest BCUT2D eigenvalue weighted by atomic mass is 10.1. The van der Waals surface area contributed by atoms with Gasteiger partial charge < -0.3 is 5.32 Å². The van der Waals surface area contributed by atoms with E-state index in [-0.39, 0.29) is 11.7 Å². The first kappa shape index (κ1) is 11.3. The molecule has 0 spiro atoms. The molecule has 17 heavy (non-hydrogen) atoms. The Kier molecular flexibility index (Phi) is 3.19. The van der Waals surface area contributed by atoms with Crippen molar-refractivity contribution in [2.45, 2.75) is 13.3 Å². The minimum absolute atomic E-state index is 0.0113. The van der Waals surface area contributed by atoms with Crippen molar-refractivity contribution in [1.82, 2.24) is 0 Å². The van der Waals surface area contributed by atoms with Gasteiger partial charge in [-0.2, -0.15) is 0 Å². The van der Waals surface area contributed by atoms with Crippen molar-refractivity contribution in [2.75, 3.05) is 5.32 Å². The number of hydrogen-bond acceptors (Lipinski definition) is 2. The minimum Gasteiger partial charge on any atom is -0.322 e. The number of carbonyl (C=O) groups is 2. The third-order valence-corrected chi connectivity index (χ3v) is 2.59. The van der Waals surface area contributed by atoms with Crippen molar-refractivity contribution in [3.63, 3.8) is 0 Å². The third kappa shape index (κ3) is 2.69. The summed E-state index contributed by atoms with van der Waals surface area (Å²) < 4.78 is 0. The fourth-order valence-electron chi connectivity index (χ4n) is 1.64. The lowest BCUT2D eigenvalue weighted by molar-refractivity contribution is -0.112. The number of carbonyl (C=O) groups excluding carboxylic acids is 2. The topological polar surface area (TPSA) is 46.2 Å². The summed E-state index contributed by atoms with van der Waals surface area (Å²) in [5.41, 5.74) is 1.98. The molecule has 0 heterocycles. The first-order chi connectivity index (χ1) is 8.16. The van der Waals surface area contributed by atoms with Crippen LogP contribution in [0.2, 0.25) is 0 Å². The van der Waals surface area contributed by atoms with Gasteiger partial charge in [0.1, 0.15) is 0 Å². The first-order valence-electron chi connectivity index (χ1n) is 5.45. The van der Waals surface area contributed by atoms with E-state index in [1.54, 1.807) is 30.3 Å². The Bertz CT molecular complexity index is 527.